The topological polar surface area (TPSA) is 33.7 Å². The predicted octanol–water partition coefficient (Wildman–Crippen LogP) is 2.53. The molecule has 1 aromatic rings. The van der Waals surface area contributed by atoms with Gasteiger partial charge in [0.25, 0.3) is 0 Å². The molecule has 104 valence electrons. The molecule has 0 aliphatic carbocycles. The van der Waals surface area contributed by atoms with Crippen LogP contribution in [0.5, 0.6) is 11.5 Å². The van der Waals surface area contributed by atoms with E-state index < -0.39 is 0 Å². The summed E-state index contributed by atoms with van der Waals surface area (Å²) in [6.07, 6.45) is 1.10. The zero-order valence-electron chi connectivity index (χ0n) is 11.1. The smallest absolute Gasteiger partial charge is 0.231 e. The number of hydrogen-bond acceptors (Lipinski definition) is 4. The number of hydrogen-bond donors (Lipinski definition) is 1. The van der Waals surface area contributed by atoms with Gasteiger partial charge in [0.1, 0.15) is 0 Å². The summed E-state index contributed by atoms with van der Waals surface area (Å²) in [6, 6.07) is 4.59. The average Bonchev–Trinajstić information content (AvgIpc) is 2.88. The van der Waals surface area contributed by atoms with Gasteiger partial charge in [-0.15, -0.1) is 0 Å². The number of nitrogens with one attached hydrogen (secondary N) is 1. The maximum Gasteiger partial charge on any atom is 0.231 e. The normalized spacial score (nSPS) is 20.5. The molecule has 4 nitrogen and oxygen atoms in total. The molecule has 1 aromatic carbocycles. The number of nitrogens with zero attached hydrogens (tertiary/aromatic N) is 1. The van der Waals surface area contributed by atoms with Gasteiger partial charge in [-0.2, -0.15) is 0 Å². The van der Waals surface area contributed by atoms with Crippen molar-refractivity contribution in [3.63, 3.8) is 0 Å². The van der Waals surface area contributed by atoms with Crippen LogP contribution in [0.1, 0.15) is 24.9 Å². The summed E-state index contributed by atoms with van der Waals surface area (Å²) in [4.78, 5) is 2.54. The fraction of sp³-hybridized carbons (Fsp3) is 0.571. The van der Waals surface area contributed by atoms with E-state index in [2.05, 4.69) is 39.1 Å². The third-order valence-electron chi connectivity index (χ3n) is 3.83. The highest BCUT2D eigenvalue weighted by molar-refractivity contribution is 9.10. The van der Waals surface area contributed by atoms with E-state index in [1.807, 2.05) is 6.07 Å². The Morgan fingerprint density at radius 1 is 1.26 bits per heavy atom. The lowest BCUT2D eigenvalue weighted by Crippen LogP contribution is -2.45. The Balaban J connectivity index is 1.90. The van der Waals surface area contributed by atoms with Crippen LogP contribution >= 0.6 is 15.9 Å². The van der Waals surface area contributed by atoms with E-state index >= 15 is 0 Å². The van der Waals surface area contributed by atoms with Crippen molar-refractivity contribution in [1.82, 2.24) is 10.2 Å². The minimum Gasteiger partial charge on any atom is -0.454 e. The average molecular weight is 327 g/mol. The van der Waals surface area contributed by atoms with Crippen LogP contribution in [0.4, 0.5) is 0 Å². The Labute approximate surface area is 122 Å². The second-order valence-corrected chi connectivity index (χ2v) is 5.79. The summed E-state index contributed by atoms with van der Waals surface area (Å²) in [5.74, 6) is 1.71. The molecular formula is C14H19BrN2O2. The van der Waals surface area contributed by atoms with E-state index in [4.69, 9.17) is 9.47 Å². The standard InChI is InChI=1S/C14H19BrN2O2/c1-2-12(17-5-3-16-4-6-17)10-7-13-14(8-11(10)15)19-9-18-13/h7-8,12,16H,2-6,9H2,1H3/t12-/m1/s1. The zero-order valence-corrected chi connectivity index (χ0v) is 12.7. The molecule has 1 saturated heterocycles. The molecule has 0 amide bonds. The van der Waals surface area contributed by atoms with Gasteiger partial charge in [-0.25, -0.2) is 0 Å². The minimum atomic E-state index is 0.329. The van der Waals surface area contributed by atoms with Crippen LogP contribution in [0.2, 0.25) is 0 Å². The third kappa shape index (κ3) is 2.59. The van der Waals surface area contributed by atoms with Gasteiger partial charge in [-0.1, -0.05) is 22.9 Å². The molecule has 5 heteroatoms. The quantitative estimate of drug-likeness (QED) is 0.925. The molecule has 1 atom stereocenters. The number of ether oxygens (including phenoxy) is 2. The molecule has 1 N–H and O–H groups in total. The van der Waals surface area contributed by atoms with Crippen molar-refractivity contribution in [2.24, 2.45) is 0 Å². The summed E-state index contributed by atoms with van der Waals surface area (Å²) in [5.41, 5.74) is 1.30. The Morgan fingerprint density at radius 2 is 1.95 bits per heavy atom. The second-order valence-electron chi connectivity index (χ2n) is 4.94. The maximum atomic E-state index is 5.50. The lowest BCUT2D eigenvalue weighted by molar-refractivity contribution is 0.167. The summed E-state index contributed by atoms with van der Waals surface area (Å²) in [6.45, 7) is 6.90. The van der Waals surface area contributed by atoms with E-state index in [9.17, 15) is 0 Å². The van der Waals surface area contributed by atoms with Crippen LogP contribution in [0, 0.1) is 0 Å². The van der Waals surface area contributed by atoms with Gasteiger partial charge in [-0.3, -0.25) is 4.90 Å². The van der Waals surface area contributed by atoms with Crippen molar-refractivity contribution in [3.05, 3.63) is 22.2 Å². The van der Waals surface area contributed by atoms with Crippen molar-refractivity contribution in [3.8, 4) is 11.5 Å². The Morgan fingerprint density at radius 3 is 2.63 bits per heavy atom. The summed E-state index contributed by atoms with van der Waals surface area (Å²) in [5, 5.41) is 3.40. The van der Waals surface area contributed by atoms with Crippen LogP contribution < -0.4 is 14.8 Å². The lowest BCUT2D eigenvalue weighted by Gasteiger charge is -2.35. The van der Waals surface area contributed by atoms with Gasteiger partial charge >= 0.3 is 0 Å². The highest BCUT2D eigenvalue weighted by Gasteiger charge is 2.25. The van der Waals surface area contributed by atoms with Gasteiger partial charge in [-0.05, 0) is 24.1 Å². The number of halogens is 1. The van der Waals surface area contributed by atoms with Crippen molar-refractivity contribution >= 4 is 15.9 Å². The van der Waals surface area contributed by atoms with Crippen molar-refractivity contribution < 1.29 is 9.47 Å². The highest BCUT2D eigenvalue weighted by Crippen LogP contribution is 2.41. The van der Waals surface area contributed by atoms with E-state index in [0.29, 0.717) is 12.8 Å². The van der Waals surface area contributed by atoms with Crippen molar-refractivity contribution in [2.45, 2.75) is 19.4 Å². The zero-order chi connectivity index (χ0) is 13.2. The number of fused-ring (bicyclic) bond motifs is 1. The largest absolute Gasteiger partial charge is 0.454 e. The van der Waals surface area contributed by atoms with Crippen molar-refractivity contribution in [2.75, 3.05) is 33.0 Å². The first-order chi connectivity index (χ1) is 9.29. The molecule has 0 saturated carbocycles. The lowest BCUT2D eigenvalue weighted by atomic mass is 10.0. The first-order valence-electron chi connectivity index (χ1n) is 6.83. The van der Waals surface area contributed by atoms with Gasteiger partial charge in [0.2, 0.25) is 6.79 Å². The molecule has 1 fully saturated rings. The fourth-order valence-corrected chi connectivity index (χ4v) is 3.44. The van der Waals surface area contributed by atoms with Crippen LogP contribution in [-0.2, 0) is 0 Å². The molecule has 0 bridgehead atoms. The first-order valence-corrected chi connectivity index (χ1v) is 7.62. The SMILES string of the molecule is CC[C@H](c1cc2c(cc1Br)OCO2)N1CCNCC1. The summed E-state index contributed by atoms with van der Waals surface area (Å²) >= 11 is 3.68. The highest BCUT2D eigenvalue weighted by atomic mass is 79.9. The van der Waals surface area contributed by atoms with E-state index in [1.54, 1.807) is 0 Å². The van der Waals surface area contributed by atoms with E-state index in [-0.39, 0.29) is 0 Å². The summed E-state index contributed by atoms with van der Waals surface area (Å²) < 4.78 is 12.0. The van der Waals surface area contributed by atoms with Gasteiger partial charge in [0, 0.05) is 36.7 Å². The first kappa shape index (κ1) is 13.2. The predicted molar refractivity (Wildman–Crippen MR) is 77.7 cm³/mol. The summed E-state index contributed by atoms with van der Waals surface area (Å²) in [7, 11) is 0. The number of rotatable bonds is 3. The van der Waals surface area contributed by atoms with Crippen LogP contribution in [0.3, 0.4) is 0 Å². The Bertz CT molecular complexity index is 461. The van der Waals surface area contributed by atoms with Gasteiger partial charge < -0.3 is 14.8 Å². The van der Waals surface area contributed by atoms with Crippen molar-refractivity contribution in [1.29, 1.82) is 0 Å². The van der Waals surface area contributed by atoms with Crippen LogP contribution in [0.25, 0.3) is 0 Å². The van der Waals surface area contributed by atoms with E-state index in [0.717, 1.165) is 48.6 Å². The number of piperazine rings is 1. The van der Waals surface area contributed by atoms with Gasteiger partial charge in [0.05, 0.1) is 0 Å². The molecule has 0 radical (unpaired) electrons. The second kappa shape index (κ2) is 5.69. The Kier molecular flexibility index (Phi) is 3.96. The molecule has 0 unspecified atom stereocenters. The Hall–Kier alpha value is -0.780. The molecule has 0 spiro atoms. The molecule has 19 heavy (non-hydrogen) atoms. The van der Waals surface area contributed by atoms with Crippen LogP contribution in [0.15, 0.2) is 16.6 Å². The molecule has 2 heterocycles. The van der Waals surface area contributed by atoms with Crippen LogP contribution in [-0.4, -0.2) is 37.9 Å². The third-order valence-corrected chi connectivity index (χ3v) is 4.52. The van der Waals surface area contributed by atoms with Gasteiger partial charge in [0.15, 0.2) is 11.5 Å². The molecule has 2 aliphatic rings. The maximum absolute atomic E-state index is 5.50. The monoisotopic (exact) mass is 326 g/mol. The molecule has 3 rings (SSSR count). The van der Waals surface area contributed by atoms with E-state index in [1.165, 1.54) is 5.56 Å². The minimum absolute atomic E-state index is 0.329. The number of benzene rings is 1. The molecular weight excluding hydrogens is 308 g/mol. The molecule has 2 aliphatic heterocycles. The fourth-order valence-electron chi connectivity index (χ4n) is 2.86. The molecule has 0 aromatic heterocycles.